The third-order valence-corrected chi connectivity index (χ3v) is 2.36. The first-order chi connectivity index (χ1) is 7.22. The lowest BCUT2D eigenvalue weighted by Crippen LogP contribution is -2.19. The maximum atomic E-state index is 11.4. The summed E-state index contributed by atoms with van der Waals surface area (Å²) >= 11 is 0. The molecule has 0 saturated heterocycles. The van der Waals surface area contributed by atoms with E-state index in [0.29, 0.717) is 17.0 Å². The summed E-state index contributed by atoms with van der Waals surface area (Å²) in [5, 5.41) is 2.54. The van der Waals surface area contributed by atoms with E-state index in [1.807, 2.05) is 0 Å². The van der Waals surface area contributed by atoms with Crippen molar-refractivity contribution in [1.29, 1.82) is 0 Å². The fourth-order valence-corrected chi connectivity index (χ4v) is 1.34. The minimum absolute atomic E-state index is 0.186. The Morgan fingerprint density at radius 2 is 2.27 bits per heavy atom. The highest BCUT2D eigenvalue weighted by atomic mass is 16.5. The van der Waals surface area contributed by atoms with Crippen molar-refractivity contribution in [3.05, 3.63) is 23.8 Å². The van der Waals surface area contributed by atoms with Gasteiger partial charge in [0.05, 0.1) is 17.4 Å². The lowest BCUT2D eigenvalue weighted by atomic mass is 10.1. The Labute approximate surface area is 88.4 Å². The Hall–Kier alpha value is -1.71. The van der Waals surface area contributed by atoms with Gasteiger partial charge in [0.2, 0.25) is 0 Å². The first-order valence-corrected chi connectivity index (χ1v) is 4.99. The van der Waals surface area contributed by atoms with Gasteiger partial charge in [-0.25, -0.2) is 0 Å². The fraction of sp³-hybridized carbons (Fsp3) is 0.364. The topological polar surface area (TPSA) is 64.3 Å². The van der Waals surface area contributed by atoms with Crippen molar-refractivity contribution in [1.82, 2.24) is 5.32 Å². The molecule has 0 bridgehead atoms. The van der Waals surface area contributed by atoms with Gasteiger partial charge in [-0.3, -0.25) is 4.79 Å². The highest BCUT2D eigenvalue weighted by Crippen LogP contribution is 2.32. The summed E-state index contributed by atoms with van der Waals surface area (Å²) in [4.78, 5) is 11.4. The van der Waals surface area contributed by atoms with Gasteiger partial charge < -0.3 is 15.8 Å². The molecule has 1 fully saturated rings. The average molecular weight is 206 g/mol. The van der Waals surface area contributed by atoms with E-state index in [1.165, 1.54) is 0 Å². The van der Waals surface area contributed by atoms with Crippen LogP contribution in [0.2, 0.25) is 0 Å². The quantitative estimate of drug-likeness (QED) is 0.730. The van der Waals surface area contributed by atoms with Crippen LogP contribution in [0.3, 0.4) is 0 Å². The van der Waals surface area contributed by atoms with Gasteiger partial charge in [0.1, 0.15) is 5.75 Å². The van der Waals surface area contributed by atoms with E-state index in [0.717, 1.165) is 12.8 Å². The largest absolute Gasteiger partial charge is 0.488 e. The Morgan fingerprint density at radius 1 is 1.53 bits per heavy atom. The third-order valence-electron chi connectivity index (χ3n) is 2.36. The first kappa shape index (κ1) is 9.83. The third kappa shape index (κ3) is 2.03. The number of carbonyl (C=O) groups is 1. The molecule has 80 valence electrons. The van der Waals surface area contributed by atoms with Crippen molar-refractivity contribution in [2.24, 2.45) is 0 Å². The Balaban J connectivity index is 2.27. The number of amides is 1. The number of nitrogens with two attached hydrogens (primary N) is 1. The van der Waals surface area contributed by atoms with Gasteiger partial charge >= 0.3 is 0 Å². The van der Waals surface area contributed by atoms with Gasteiger partial charge in [0, 0.05) is 7.05 Å². The molecule has 1 aromatic carbocycles. The minimum atomic E-state index is -0.186. The number of hydrogen-bond acceptors (Lipinski definition) is 3. The van der Waals surface area contributed by atoms with Gasteiger partial charge in [0.15, 0.2) is 0 Å². The van der Waals surface area contributed by atoms with Crippen molar-refractivity contribution >= 4 is 11.6 Å². The van der Waals surface area contributed by atoms with Crippen LogP contribution in [-0.4, -0.2) is 19.1 Å². The molecule has 1 amide bonds. The molecule has 0 aromatic heterocycles. The molecule has 1 aliphatic carbocycles. The van der Waals surface area contributed by atoms with E-state index in [1.54, 1.807) is 25.2 Å². The summed E-state index contributed by atoms with van der Waals surface area (Å²) in [7, 11) is 1.58. The van der Waals surface area contributed by atoms with Gasteiger partial charge in [-0.1, -0.05) is 6.07 Å². The second-order valence-electron chi connectivity index (χ2n) is 3.61. The number of hydrogen-bond donors (Lipinski definition) is 2. The monoisotopic (exact) mass is 206 g/mol. The lowest BCUT2D eigenvalue weighted by molar-refractivity contribution is 0.0963. The Morgan fingerprint density at radius 3 is 2.87 bits per heavy atom. The van der Waals surface area contributed by atoms with Crippen LogP contribution in [0.5, 0.6) is 5.75 Å². The maximum absolute atomic E-state index is 11.4. The highest BCUT2D eigenvalue weighted by molar-refractivity contribution is 6.00. The van der Waals surface area contributed by atoms with Crippen LogP contribution < -0.4 is 15.8 Å². The second-order valence-corrected chi connectivity index (χ2v) is 3.61. The molecular weight excluding hydrogens is 192 g/mol. The van der Waals surface area contributed by atoms with E-state index in [2.05, 4.69) is 5.32 Å². The zero-order valence-corrected chi connectivity index (χ0v) is 8.62. The van der Waals surface area contributed by atoms with E-state index in [4.69, 9.17) is 10.5 Å². The molecule has 3 N–H and O–H groups in total. The van der Waals surface area contributed by atoms with Gasteiger partial charge in [-0.2, -0.15) is 0 Å². The van der Waals surface area contributed by atoms with Gasteiger partial charge in [-0.15, -0.1) is 0 Å². The fourth-order valence-electron chi connectivity index (χ4n) is 1.34. The zero-order valence-electron chi connectivity index (χ0n) is 8.62. The zero-order chi connectivity index (χ0) is 10.8. The molecule has 1 saturated carbocycles. The Bertz CT molecular complexity index is 386. The predicted octanol–water partition coefficient (Wildman–Crippen LogP) is 1.17. The number of benzene rings is 1. The van der Waals surface area contributed by atoms with Crippen molar-refractivity contribution in [3.8, 4) is 5.75 Å². The summed E-state index contributed by atoms with van der Waals surface area (Å²) in [6.07, 6.45) is 2.43. The summed E-state index contributed by atoms with van der Waals surface area (Å²) in [6, 6.07) is 5.26. The number of anilines is 1. The number of nitrogen functional groups attached to an aromatic ring is 1. The van der Waals surface area contributed by atoms with Crippen LogP contribution in [0.4, 0.5) is 5.69 Å². The van der Waals surface area contributed by atoms with E-state index in [9.17, 15) is 4.79 Å². The smallest absolute Gasteiger partial charge is 0.253 e. The number of nitrogens with one attached hydrogen (secondary N) is 1. The van der Waals surface area contributed by atoms with Crippen molar-refractivity contribution in [2.45, 2.75) is 18.9 Å². The molecule has 15 heavy (non-hydrogen) atoms. The number of para-hydroxylation sites is 1. The van der Waals surface area contributed by atoms with Crippen LogP contribution in [0.25, 0.3) is 0 Å². The number of carbonyl (C=O) groups excluding carboxylic acids is 1. The number of ether oxygens (including phenoxy) is 1. The van der Waals surface area contributed by atoms with Crippen LogP contribution in [0.1, 0.15) is 23.2 Å². The first-order valence-electron chi connectivity index (χ1n) is 4.99. The van der Waals surface area contributed by atoms with E-state index >= 15 is 0 Å². The highest BCUT2D eigenvalue weighted by Gasteiger charge is 2.25. The summed E-state index contributed by atoms with van der Waals surface area (Å²) in [5.74, 6) is 0.423. The van der Waals surface area contributed by atoms with Crippen LogP contribution in [0.15, 0.2) is 18.2 Å². The summed E-state index contributed by atoms with van der Waals surface area (Å²) in [6.45, 7) is 0. The van der Waals surface area contributed by atoms with Gasteiger partial charge in [-0.05, 0) is 25.0 Å². The molecule has 0 spiro atoms. The van der Waals surface area contributed by atoms with Crippen LogP contribution in [-0.2, 0) is 0 Å². The minimum Gasteiger partial charge on any atom is -0.488 e. The molecule has 1 aromatic rings. The molecule has 4 heteroatoms. The van der Waals surface area contributed by atoms with E-state index < -0.39 is 0 Å². The molecule has 2 rings (SSSR count). The Kier molecular flexibility index (Phi) is 2.49. The average Bonchev–Trinajstić information content (AvgIpc) is 3.04. The molecule has 0 unspecified atom stereocenters. The number of rotatable bonds is 3. The summed E-state index contributed by atoms with van der Waals surface area (Å²) in [5.41, 5.74) is 6.74. The molecule has 1 aliphatic rings. The van der Waals surface area contributed by atoms with Crippen LogP contribution >= 0.6 is 0 Å². The SMILES string of the molecule is CNC(=O)c1cccc(OC2CC2)c1N. The molecule has 0 heterocycles. The van der Waals surface area contributed by atoms with Crippen molar-refractivity contribution < 1.29 is 9.53 Å². The van der Waals surface area contributed by atoms with Crippen LogP contribution in [0, 0.1) is 0 Å². The molecular formula is C11H14N2O2. The van der Waals surface area contributed by atoms with Gasteiger partial charge in [0.25, 0.3) is 5.91 Å². The second kappa shape index (κ2) is 3.81. The summed E-state index contributed by atoms with van der Waals surface area (Å²) < 4.78 is 5.59. The predicted molar refractivity (Wildman–Crippen MR) is 57.9 cm³/mol. The lowest BCUT2D eigenvalue weighted by Gasteiger charge is -2.10. The molecule has 4 nitrogen and oxygen atoms in total. The van der Waals surface area contributed by atoms with E-state index in [-0.39, 0.29) is 12.0 Å². The molecule has 0 radical (unpaired) electrons. The maximum Gasteiger partial charge on any atom is 0.253 e. The normalized spacial score (nSPS) is 14.7. The molecule has 0 atom stereocenters. The van der Waals surface area contributed by atoms with Crippen molar-refractivity contribution in [2.75, 3.05) is 12.8 Å². The standard InChI is InChI=1S/C11H14N2O2/c1-13-11(14)8-3-2-4-9(10(8)12)15-7-5-6-7/h2-4,7H,5-6,12H2,1H3,(H,13,14). The molecule has 0 aliphatic heterocycles. The van der Waals surface area contributed by atoms with Crippen molar-refractivity contribution in [3.63, 3.8) is 0 Å².